The second kappa shape index (κ2) is 4.23. The van der Waals surface area contributed by atoms with Gasteiger partial charge >= 0.3 is 0 Å². The molecule has 2 nitrogen and oxygen atoms in total. The molecule has 1 aromatic rings. The summed E-state index contributed by atoms with van der Waals surface area (Å²) in [5.74, 6) is -3.14. The Morgan fingerprint density at radius 3 is 2.25 bits per heavy atom. The second-order valence-electron chi connectivity index (χ2n) is 3.97. The summed E-state index contributed by atoms with van der Waals surface area (Å²) in [5.41, 5.74) is 4.37. The summed E-state index contributed by atoms with van der Waals surface area (Å²) >= 11 is 0. The zero-order chi connectivity index (χ0) is 11.7. The van der Waals surface area contributed by atoms with Crippen LogP contribution in [0.3, 0.4) is 0 Å². The van der Waals surface area contributed by atoms with Crippen molar-refractivity contribution < 1.29 is 13.2 Å². The van der Waals surface area contributed by atoms with Gasteiger partial charge in [-0.1, -0.05) is 0 Å². The van der Waals surface area contributed by atoms with Crippen molar-refractivity contribution in [2.24, 2.45) is 0 Å². The van der Waals surface area contributed by atoms with E-state index in [0.29, 0.717) is 13.1 Å². The molecule has 2 N–H and O–H groups in total. The fraction of sp³-hybridized carbons (Fsp3) is 0.455. The molecule has 1 heterocycles. The number of nitrogen functional groups attached to an aromatic ring is 1. The van der Waals surface area contributed by atoms with E-state index < -0.39 is 23.1 Å². The van der Waals surface area contributed by atoms with Crippen molar-refractivity contribution in [1.82, 2.24) is 0 Å². The van der Waals surface area contributed by atoms with E-state index >= 15 is 0 Å². The third kappa shape index (κ3) is 1.81. The first-order valence-electron chi connectivity index (χ1n) is 5.29. The second-order valence-corrected chi connectivity index (χ2v) is 3.97. The minimum Gasteiger partial charge on any atom is -0.396 e. The molecule has 1 aliphatic rings. The topological polar surface area (TPSA) is 29.3 Å². The molecule has 2 rings (SSSR count). The molecular weight excluding hydrogens is 217 g/mol. The normalized spacial score (nSPS) is 16.6. The maximum atomic E-state index is 13.6. The van der Waals surface area contributed by atoms with Crippen molar-refractivity contribution in [3.05, 3.63) is 23.5 Å². The van der Waals surface area contributed by atoms with Crippen molar-refractivity contribution >= 4 is 11.4 Å². The molecule has 1 fully saturated rings. The van der Waals surface area contributed by atoms with Gasteiger partial charge in [0.25, 0.3) is 0 Å². The van der Waals surface area contributed by atoms with Gasteiger partial charge in [0.2, 0.25) is 0 Å². The quantitative estimate of drug-likeness (QED) is 0.593. The SMILES string of the molecule is Nc1cc(F)c(N2CCCCC2)c(F)c1F. The van der Waals surface area contributed by atoms with E-state index in [1.54, 1.807) is 0 Å². The predicted molar refractivity (Wildman–Crippen MR) is 56.8 cm³/mol. The van der Waals surface area contributed by atoms with Gasteiger partial charge in [0.05, 0.1) is 5.69 Å². The summed E-state index contributed by atoms with van der Waals surface area (Å²) in [6.07, 6.45) is 2.77. The number of rotatable bonds is 1. The maximum Gasteiger partial charge on any atom is 0.187 e. The molecule has 0 bridgehead atoms. The highest BCUT2D eigenvalue weighted by Gasteiger charge is 2.23. The van der Waals surface area contributed by atoms with E-state index in [0.717, 1.165) is 25.3 Å². The zero-order valence-corrected chi connectivity index (χ0v) is 8.77. The van der Waals surface area contributed by atoms with Gasteiger partial charge in [-0.05, 0) is 19.3 Å². The standard InChI is InChI=1S/C11H13F3N2/c12-7-6-8(15)9(13)10(14)11(7)16-4-2-1-3-5-16/h6H,1-5,15H2. The average Bonchev–Trinajstić information content (AvgIpc) is 2.28. The third-order valence-corrected chi connectivity index (χ3v) is 2.83. The Morgan fingerprint density at radius 1 is 1.00 bits per heavy atom. The predicted octanol–water partition coefficient (Wildman–Crippen LogP) is 2.68. The van der Waals surface area contributed by atoms with Crippen molar-refractivity contribution in [1.29, 1.82) is 0 Å². The first-order valence-corrected chi connectivity index (χ1v) is 5.29. The van der Waals surface area contributed by atoms with Gasteiger partial charge in [0, 0.05) is 19.2 Å². The zero-order valence-electron chi connectivity index (χ0n) is 8.77. The highest BCUT2D eigenvalue weighted by Crippen LogP contribution is 2.30. The summed E-state index contributed by atoms with van der Waals surface area (Å²) in [4.78, 5) is 1.54. The molecule has 1 aliphatic heterocycles. The van der Waals surface area contributed by atoms with Crippen LogP contribution in [0, 0.1) is 17.5 Å². The Bertz CT molecular complexity index is 401. The van der Waals surface area contributed by atoms with Crippen LogP contribution in [0.25, 0.3) is 0 Å². The first kappa shape index (κ1) is 11.1. The van der Waals surface area contributed by atoms with Crippen LogP contribution in [-0.4, -0.2) is 13.1 Å². The van der Waals surface area contributed by atoms with Crippen molar-refractivity contribution in [2.45, 2.75) is 19.3 Å². The molecule has 88 valence electrons. The highest BCUT2D eigenvalue weighted by molar-refractivity contribution is 5.57. The van der Waals surface area contributed by atoms with Gasteiger partial charge in [-0.15, -0.1) is 0 Å². The van der Waals surface area contributed by atoms with Crippen LogP contribution in [0.15, 0.2) is 6.07 Å². The lowest BCUT2D eigenvalue weighted by atomic mass is 10.1. The van der Waals surface area contributed by atoms with Gasteiger partial charge in [0.1, 0.15) is 5.69 Å². The molecule has 0 spiro atoms. The molecule has 1 aromatic carbocycles. The fourth-order valence-corrected chi connectivity index (χ4v) is 2.01. The maximum absolute atomic E-state index is 13.6. The molecule has 16 heavy (non-hydrogen) atoms. The van der Waals surface area contributed by atoms with Crippen LogP contribution in [0.5, 0.6) is 0 Å². The van der Waals surface area contributed by atoms with Crippen LogP contribution in [-0.2, 0) is 0 Å². The summed E-state index contributed by atoms with van der Waals surface area (Å²) in [5, 5.41) is 0. The highest BCUT2D eigenvalue weighted by atomic mass is 19.2. The molecule has 0 aromatic heterocycles. The van der Waals surface area contributed by atoms with E-state index in [2.05, 4.69) is 0 Å². The number of nitrogens with two attached hydrogens (primary N) is 1. The largest absolute Gasteiger partial charge is 0.396 e. The first-order chi connectivity index (χ1) is 7.61. The summed E-state index contributed by atoms with van der Waals surface area (Å²) < 4.78 is 40.4. The molecule has 0 atom stereocenters. The van der Waals surface area contributed by atoms with Gasteiger partial charge in [-0.25, -0.2) is 13.2 Å². The lowest BCUT2D eigenvalue weighted by molar-refractivity contribution is 0.483. The molecule has 0 radical (unpaired) electrons. The number of nitrogens with zero attached hydrogens (tertiary/aromatic N) is 1. The van der Waals surface area contributed by atoms with Crippen LogP contribution in [0.4, 0.5) is 24.5 Å². The van der Waals surface area contributed by atoms with E-state index in [4.69, 9.17) is 5.73 Å². The monoisotopic (exact) mass is 230 g/mol. The average molecular weight is 230 g/mol. The lowest BCUT2D eigenvalue weighted by Gasteiger charge is -2.29. The van der Waals surface area contributed by atoms with Gasteiger partial charge in [-0.2, -0.15) is 0 Å². The Balaban J connectivity index is 2.42. The molecule has 1 saturated heterocycles. The number of anilines is 2. The summed E-state index contributed by atoms with van der Waals surface area (Å²) in [6.45, 7) is 1.11. The minimum absolute atomic E-state index is 0.286. The fourth-order valence-electron chi connectivity index (χ4n) is 2.01. The Labute approximate surface area is 91.8 Å². The van der Waals surface area contributed by atoms with E-state index in [1.165, 1.54) is 4.90 Å². The van der Waals surface area contributed by atoms with E-state index in [1.807, 2.05) is 0 Å². The molecular formula is C11H13F3N2. The molecule has 0 aliphatic carbocycles. The van der Waals surface area contributed by atoms with Gasteiger partial charge in [-0.3, -0.25) is 0 Å². The van der Waals surface area contributed by atoms with Crippen LogP contribution in [0.2, 0.25) is 0 Å². The number of benzene rings is 1. The number of hydrogen-bond donors (Lipinski definition) is 1. The minimum atomic E-state index is -1.18. The van der Waals surface area contributed by atoms with Crippen molar-refractivity contribution in [2.75, 3.05) is 23.7 Å². The lowest BCUT2D eigenvalue weighted by Crippen LogP contribution is -2.31. The number of halogens is 3. The number of piperidine rings is 1. The molecule has 0 unspecified atom stereocenters. The van der Waals surface area contributed by atoms with Crippen LogP contribution < -0.4 is 10.6 Å². The van der Waals surface area contributed by atoms with Crippen LogP contribution >= 0.6 is 0 Å². The van der Waals surface area contributed by atoms with Crippen molar-refractivity contribution in [3.63, 3.8) is 0 Å². The Kier molecular flexibility index (Phi) is 2.94. The Hall–Kier alpha value is -1.39. The van der Waals surface area contributed by atoms with Gasteiger partial charge in [0.15, 0.2) is 17.5 Å². The van der Waals surface area contributed by atoms with E-state index in [9.17, 15) is 13.2 Å². The van der Waals surface area contributed by atoms with Crippen LogP contribution in [0.1, 0.15) is 19.3 Å². The third-order valence-electron chi connectivity index (χ3n) is 2.83. The molecule has 0 saturated carbocycles. The van der Waals surface area contributed by atoms with Gasteiger partial charge < -0.3 is 10.6 Å². The summed E-state index contributed by atoms with van der Waals surface area (Å²) in [6, 6.07) is 0.836. The van der Waals surface area contributed by atoms with Crippen molar-refractivity contribution in [3.8, 4) is 0 Å². The van der Waals surface area contributed by atoms with E-state index in [-0.39, 0.29) is 5.69 Å². The molecule has 0 amide bonds. The Morgan fingerprint density at radius 2 is 1.62 bits per heavy atom. The molecule has 5 heteroatoms. The summed E-state index contributed by atoms with van der Waals surface area (Å²) in [7, 11) is 0. The number of hydrogen-bond acceptors (Lipinski definition) is 2. The smallest absolute Gasteiger partial charge is 0.187 e.